The lowest BCUT2D eigenvalue weighted by atomic mass is 10.2. The first kappa shape index (κ1) is 14.5. The van der Waals surface area contributed by atoms with E-state index >= 15 is 0 Å². The first-order chi connectivity index (χ1) is 9.79. The standard InChI is InChI=1S/C16H18N2OS/c1-2-18(12-9-14-7-10-17-11-8-14)16(19)6-5-15-4-3-13-20-15/h3-8,10-11,13H,2,9,12H2,1H3/b6-5+. The van der Waals surface area contributed by atoms with E-state index in [1.807, 2.05) is 47.5 Å². The van der Waals surface area contributed by atoms with Crippen molar-refractivity contribution in [3.63, 3.8) is 0 Å². The second-order valence-electron chi connectivity index (χ2n) is 4.37. The smallest absolute Gasteiger partial charge is 0.246 e. The van der Waals surface area contributed by atoms with Crippen LogP contribution in [0.2, 0.25) is 0 Å². The number of likely N-dealkylation sites (N-methyl/N-ethyl adjacent to an activating group) is 1. The predicted molar refractivity (Wildman–Crippen MR) is 83.5 cm³/mol. The first-order valence-corrected chi connectivity index (χ1v) is 7.57. The van der Waals surface area contributed by atoms with Crippen molar-refractivity contribution < 1.29 is 4.79 Å². The molecule has 0 spiro atoms. The number of pyridine rings is 1. The van der Waals surface area contributed by atoms with E-state index in [1.54, 1.807) is 29.8 Å². The zero-order valence-corrected chi connectivity index (χ0v) is 12.3. The van der Waals surface area contributed by atoms with Gasteiger partial charge in [-0.05, 0) is 48.6 Å². The van der Waals surface area contributed by atoms with Crippen LogP contribution in [0, 0.1) is 0 Å². The average molecular weight is 286 g/mol. The largest absolute Gasteiger partial charge is 0.339 e. The van der Waals surface area contributed by atoms with E-state index in [-0.39, 0.29) is 5.91 Å². The topological polar surface area (TPSA) is 33.2 Å². The number of aromatic nitrogens is 1. The van der Waals surface area contributed by atoms with Gasteiger partial charge < -0.3 is 4.90 Å². The Hall–Kier alpha value is -1.94. The Morgan fingerprint density at radius 3 is 2.80 bits per heavy atom. The molecule has 1 amide bonds. The Bertz CT molecular complexity index is 549. The van der Waals surface area contributed by atoms with Gasteiger partial charge in [0.15, 0.2) is 0 Å². The number of hydrogen-bond donors (Lipinski definition) is 0. The minimum absolute atomic E-state index is 0.0648. The molecule has 0 aliphatic heterocycles. The van der Waals surface area contributed by atoms with Crippen LogP contribution >= 0.6 is 11.3 Å². The van der Waals surface area contributed by atoms with Gasteiger partial charge in [0, 0.05) is 36.4 Å². The number of carbonyl (C=O) groups excluding carboxylic acids is 1. The van der Waals surface area contributed by atoms with Gasteiger partial charge in [-0.25, -0.2) is 0 Å². The van der Waals surface area contributed by atoms with Gasteiger partial charge >= 0.3 is 0 Å². The molecule has 3 nitrogen and oxygen atoms in total. The molecule has 2 aromatic heterocycles. The Morgan fingerprint density at radius 2 is 2.15 bits per heavy atom. The van der Waals surface area contributed by atoms with Gasteiger partial charge in [0.25, 0.3) is 0 Å². The Labute approximate surface area is 123 Å². The van der Waals surface area contributed by atoms with Crippen LogP contribution in [0.1, 0.15) is 17.4 Å². The van der Waals surface area contributed by atoms with Gasteiger partial charge in [-0.15, -0.1) is 11.3 Å². The maximum Gasteiger partial charge on any atom is 0.246 e. The summed E-state index contributed by atoms with van der Waals surface area (Å²) in [5.74, 6) is 0.0648. The number of hydrogen-bond acceptors (Lipinski definition) is 3. The van der Waals surface area contributed by atoms with Crippen molar-refractivity contribution in [3.05, 3.63) is 58.6 Å². The molecule has 0 aliphatic carbocycles. The molecule has 0 saturated heterocycles. The molecule has 2 rings (SSSR count). The molecular weight excluding hydrogens is 268 g/mol. The highest BCUT2D eigenvalue weighted by Gasteiger charge is 2.08. The van der Waals surface area contributed by atoms with Crippen LogP contribution in [-0.2, 0) is 11.2 Å². The molecule has 0 saturated carbocycles. The monoisotopic (exact) mass is 286 g/mol. The predicted octanol–water partition coefficient (Wildman–Crippen LogP) is 3.25. The summed E-state index contributed by atoms with van der Waals surface area (Å²) >= 11 is 1.63. The van der Waals surface area contributed by atoms with Gasteiger partial charge in [0.1, 0.15) is 0 Å². The Morgan fingerprint density at radius 1 is 1.35 bits per heavy atom. The van der Waals surface area contributed by atoms with E-state index in [9.17, 15) is 4.79 Å². The summed E-state index contributed by atoms with van der Waals surface area (Å²) in [7, 11) is 0. The second-order valence-corrected chi connectivity index (χ2v) is 5.35. The van der Waals surface area contributed by atoms with Gasteiger partial charge in [0.2, 0.25) is 5.91 Å². The second kappa shape index (κ2) is 7.60. The maximum absolute atomic E-state index is 12.1. The van der Waals surface area contributed by atoms with Crippen molar-refractivity contribution in [3.8, 4) is 0 Å². The van der Waals surface area contributed by atoms with Crippen molar-refractivity contribution in [1.29, 1.82) is 0 Å². The van der Waals surface area contributed by atoms with E-state index in [0.29, 0.717) is 0 Å². The van der Waals surface area contributed by atoms with Crippen LogP contribution in [0.25, 0.3) is 6.08 Å². The summed E-state index contributed by atoms with van der Waals surface area (Å²) in [6.45, 7) is 3.45. The third-order valence-corrected chi connectivity index (χ3v) is 3.88. The molecule has 0 N–H and O–H groups in total. The van der Waals surface area contributed by atoms with Crippen LogP contribution in [0.5, 0.6) is 0 Å². The lowest BCUT2D eigenvalue weighted by Crippen LogP contribution is -2.31. The van der Waals surface area contributed by atoms with Crippen molar-refractivity contribution >= 4 is 23.3 Å². The third-order valence-electron chi connectivity index (χ3n) is 3.05. The molecule has 0 atom stereocenters. The van der Waals surface area contributed by atoms with E-state index < -0.39 is 0 Å². The van der Waals surface area contributed by atoms with Gasteiger partial charge in [0.05, 0.1) is 0 Å². The molecule has 0 radical (unpaired) electrons. The van der Waals surface area contributed by atoms with Gasteiger partial charge in [-0.3, -0.25) is 9.78 Å². The minimum atomic E-state index is 0.0648. The molecule has 4 heteroatoms. The molecule has 0 fully saturated rings. The van der Waals surface area contributed by atoms with Gasteiger partial charge in [-0.1, -0.05) is 6.07 Å². The van der Waals surface area contributed by atoms with Crippen molar-refractivity contribution in [1.82, 2.24) is 9.88 Å². The molecule has 2 aromatic rings. The number of amides is 1. The van der Waals surface area contributed by atoms with Crippen LogP contribution in [0.3, 0.4) is 0 Å². The van der Waals surface area contributed by atoms with Crippen LogP contribution in [0.15, 0.2) is 48.1 Å². The number of nitrogens with zero attached hydrogens (tertiary/aromatic N) is 2. The summed E-state index contributed by atoms with van der Waals surface area (Å²) in [6.07, 6.45) is 7.95. The lowest BCUT2D eigenvalue weighted by Gasteiger charge is -2.19. The van der Waals surface area contributed by atoms with E-state index in [1.165, 1.54) is 5.56 Å². The minimum Gasteiger partial charge on any atom is -0.339 e. The molecule has 0 unspecified atom stereocenters. The lowest BCUT2D eigenvalue weighted by molar-refractivity contribution is -0.125. The van der Waals surface area contributed by atoms with Gasteiger partial charge in [-0.2, -0.15) is 0 Å². The zero-order valence-electron chi connectivity index (χ0n) is 11.5. The highest BCUT2D eigenvalue weighted by Crippen LogP contribution is 2.10. The molecule has 0 aliphatic rings. The summed E-state index contributed by atoms with van der Waals surface area (Å²) in [5.41, 5.74) is 1.20. The Kier molecular flexibility index (Phi) is 5.50. The molecule has 20 heavy (non-hydrogen) atoms. The molecule has 2 heterocycles. The fourth-order valence-electron chi connectivity index (χ4n) is 1.88. The fraction of sp³-hybridized carbons (Fsp3) is 0.250. The Balaban J connectivity index is 1.89. The highest BCUT2D eigenvalue weighted by atomic mass is 32.1. The van der Waals surface area contributed by atoms with E-state index in [0.717, 1.165) is 24.4 Å². The van der Waals surface area contributed by atoms with Crippen molar-refractivity contribution in [2.24, 2.45) is 0 Å². The van der Waals surface area contributed by atoms with Crippen LogP contribution in [-0.4, -0.2) is 28.9 Å². The quantitative estimate of drug-likeness (QED) is 0.764. The number of carbonyl (C=O) groups is 1. The van der Waals surface area contributed by atoms with Crippen LogP contribution < -0.4 is 0 Å². The summed E-state index contributed by atoms with van der Waals surface area (Å²) in [5, 5.41) is 2.01. The molecule has 0 aromatic carbocycles. The summed E-state index contributed by atoms with van der Waals surface area (Å²) in [6, 6.07) is 7.96. The SMILES string of the molecule is CCN(CCc1ccncc1)C(=O)/C=C/c1cccs1. The zero-order chi connectivity index (χ0) is 14.2. The van der Waals surface area contributed by atoms with Crippen LogP contribution in [0.4, 0.5) is 0 Å². The maximum atomic E-state index is 12.1. The highest BCUT2D eigenvalue weighted by molar-refractivity contribution is 7.10. The van der Waals surface area contributed by atoms with E-state index in [2.05, 4.69) is 4.98 Å². The normalized spacial score (nSPS) is 10.8. The molecular formula is C16H18N2OS. The molecule has 0 bridgehead atoms. The van der Waals surface area contributed by atoms with E-state index in [4.69, 9.17) is 0 Å². The number of thiophene rings is 1. The summed E-state index contributed by atoms with van der Waals surface area (Å²) < 4.78 is 0. The summed E-state index contributed by atoms with van der Waals surface area (Å²) in [4.78, 5) is 19.1. The molecule has 104 valence electrons. The van der Waals surface area contributed by atoms with Crippen molar-refractivity contribution in [2.75, 3.05) is 13.1 Å². The van der Waals surface area contributed by atoms with Crippen molar-refractivity contribution in [2.45, 2.75) is 13.3 Å². The first-order valence-electron chi connectivity index (χ1n) is 6.69. The number of rotatable bonds is 6. The average Bonchev–Trinajstić information content (AvgIpc) is 3.00. The fourth-order valence-corrected chi connectivity index (χ4v) is 2.50. The third kappa shape index (κ3) is 4.31.